The fourth-order valence-corrected chi connectivity index (χ4v) is 3.15. The first-order valence-electron chi connectivity index (χ1n) is 12.4. The molecule has 0 atom stereocenters. The third-order valence-electron chi connectivity index (χ3n) is 5.37. The summed E-state index contributed by atoms with van der Waals surface area (Å²) in [5.41, 5.74) is 2.05. The van der Waals surface area contributed by atoms with Crippen LogP contribution in [0.4, 0.5) is 4.39 Å². The second-order valence-electron chi connectivity index (χ2n) is 9.14. The summed E-state index contributed by atoms with van der Waals surface area (Å²) in [6, 6.07) is 14.8. The van der Waals surface area contributed by atoms with Crippen LogP contribution in [0, 0.1) is 5.82 Å². The Morgan fingerprint density at radius 1 is 0.619 bits per heavy atom. The van der Waals surface area contributed by atoms with E-state index in [1.54, 1.807) is 30.3 Å². The van der Waals surface area contributed by atoms with Gasteiger partial charge in [-0.2, -0.15) is 0 Å². The monoisotopic (exact) mass is 570 g/mol. The van der Waals surface area contributed by atoms with Gasteiger partial charge in [-0.25, -0.2) is 23.6 Å². The fourth-order valence-electron chi connectivity index (χ4n) is 3.15. The van der Waals surface area contributed by atoms with E-state index >= 15 is 0 Å². The number of carbonyl (C=O) groups is 4. The zero-order chi connectivity index (χ0) is 31.0. The summed E-state index contributed by atoms with van der Waals surface area (Å²) >= 11 is 0. The van der Waals surface area contributed by atoms with E-state index in [0.717, 1.165) is 6.08 Å². The molecule has 42 heavy (non-hydrogen) atoms. The first-order valence-corrected chi connectivity index (χ1v) is 12.4. The van der Waals surface area contributed by atoms with Gasteiger partial charge in [0.05, 0.1) is 0 Å². The summed E-state index contributed by atoms with van der Waals surface area (Å²) in [5.74, 6) is -3.77. The van der Waals surface area contributed by atoms with Gasteiger partial charge in [-0.05, 0) is 79.9 Å². The van der Waals surface area contributed by atoms with Crippen LogP contribution in [-0.2, 0) is 19.2 Å². The average Bonchev–Trinajstić information content (AvgIpc) is 2.94. The molecule has 0 saturated carbocycles. The average molecular weight is 571 g/mol. The Kier molecular flexibility index (Phi) is 10.1. The van der Waals surface area contributed by atoms with E-state index in [2.05, 4.69) is 19.7 Å². The molecule has 0 spiro atoms. The number of carbonyl (C=O) groups excluding carboxylic acids is 4. The number of benzene rings is 3. The van der Waals surface area contributed by atoms with Crippen molar-refractivity contribution < 1.29 is 42.5 Å². The Hall–Kier alpha value is -5.57. The van der Waals surface area contributed by atoms with Gasteiger partial charge in [0, 0.05) is 22.8 Å². The van der Waals surface area contributed by atoms with Crippen molar-refractivity contribution in [3.63, 3.8) is 0 Å². The minimum absolute atomic E-state index is 0.0398. The zero-order valence-corrected chi connectivity index (χ0v) is 23.2. The molecule has 3 rings (SSSR count). The Labute approximate surface area is 242 Å². The van der Waals surface area contributed by atoms with E-state index in [-0.39, 0.29) is 34.0 Å². The summed E-state index contributed by atoms with van der Waals surface area (Å²) in [6.07, 6.45) is 2.40. The molecule has 0 radical (unpaired) electrons. The first kappa shape index (κ1) is 31.0. The highest BCUT2D eigenvalue weighted by Gasteiger charge is 2.16. The molecule has 0 aliphatic heterocycles. The van der Waals surface area contributed by atoms with Crippen molar-refractivity contribution in [2.75, 3.05) is 0 Å². The van der Waals surface area contributed by atoms with Crippen molar-refractivity contribution in [3.05, 3.63) is 115 Å². The maximum atomic E-state index is 14.8. The van der Waals surface area contributed by atoms with Crippen LogP contribution in [0.2, 0.25) is 0 Å². The highest BCUT2D eigenvalue weighted by Crippen LogP contribution is 2.31. The highest BCUT2D eigenvalue weighted by molar-refractivity contribution is 5.92. The first-order chi connectivity index (χ1) is 19.8. The third-order valence-corrected chi connectivity index (χ3v) is 5.37. The molecule has 3 aromatic carbocycles. The van der Waals surface area contributed by atoms with Crippen molar-refractivity contribution >= 4 is 30.0 Å². The van der Waals surface area contributed by atoms with Crippen molar-refractivity contribution in [2.24, 2.45) is 0 Å². The number of rotatable bonds is 10. The molecule has 0 saturated heterocycles. The summed E-state index contributed by atoms with van der Waals surface area (Å²) in [5, 5.41) is 0. The second kappa shape index (κ2) is 13.7. The van der Waals surface area contributed by atoms with Gasteiger partial charge >= 0.3 is 23.9 Å². The third kappa shape index (κ3) is 8.46. The van der Waals surface area contributed by atoms with Crippen LogP contribution in [0.15, 0.2) is 103 Å². The number of hydrogen-bond donors (Lipinski definition) is 0. The summed E-state index contributed by atoms with van der Waals surface area (Å²) in [6.45, 7) is 15.0. The predicted octanol–water partition coefficient (Wildman–Crippen LogP) is 6.56. The van der Waals surface area contributed by atoms with E-state index < -0.39 is 29.7 Å². The fraction of sp³-hybridized carbons (Fsp3) is 0.0909. The lowest BCUT2D eigenvalue weighted by molar-refractivity contribution is -0.132. The SMILES string of the molecule is C=C(C)C(=O)Oc1ccc(-c2ccc(OC(=O)/C=C/c3ccc(OC(=O)C(=C)C)c(OC(=O)C(=C)C)c3)c(F)c2)cc1. The number of ether oxygens (including phenoxy) is 4. The second-order valence-corrected chi connectivity index (χ2v) is 9.14. The summed E-state index contributed by atoms with van der Waals surface area (Å²) in [7, 11) is 0. The number of halogens is 1. The maximum absolute atomic E-state index is 14.8. The van der Waals surface area contributed by atoms with E-state index in [4.69, 9.17) is 18.9 Å². The molecule has 0 bridgehead atoms. The van der Waals surface area contributed by atoms with Gasteiger partial charge in [0.1, 0.15) is 5.75 Å². The van der Waals surface area contributed by atoms with Crippen LogP contribution < -0.4 is 18.9 Å². The molecule has 0 N–H and O–H groups in total. The topological polar surface area (TPSA) is 105 Å². The van der Waals surface area contributed by atoms with Gasteiger partial charge in [-0.3, -0.25) is 0 Å². The lowest BCUT2D eigenvalue weighted by Gasteiger charge is -2.11. The quantitative estimate of drug-likeness (QED) is 0.153. The largest absolute Gasteiger partial charge is 0.423 e. The minimum atomic E-state index is -0.872. The van der Waals surface area contributed by atoms with E-state index in [1.807, 2.05) is 0 Å². The predicted molar refractivity (Wildman–Crippen MR) is 154 cm³/mol. The van der Waals surface area contributed by atoms with Gasteiger partial charge in [-0.1, -0.05) is 44.0 Å². The summed E-state index contributed by atoms with van der Waals surface area (Å²) in [4.78, 5) is 48.1. The van der Waals surface area contributed by atoms with Gasteiger partial charge in [0.15, 0.2) is 23.1 Å². The molecule has 9 heteroatoms. The van der Waals surface area contributed by atoms with Gasteiger partial charge in [0.25, 0.3) is 0 Å². The zero-order valence-electron chi connectivity index (χ0n) is 23.2. The van der Waals surface area contributed by atoms with Gasteiger partial charge < -0.3 is 18.9 Å². The molecule has 0 heterocycles. The maximum Gasteiger partial charge on any atom is 0.338 e. The van der Waals surface area contributed by atoms with E-state index in [9.17, 15) is 23.6 Å². The molecular formula is C33H27FO8. The van der Waals surface area contributed by atoms with Crippen molar-refractivity contribution in [1.82, 2.24) is 0 Å². The lowest BCUT2D eigenvalue weighted by atomic mass is 10.1. The standard InChI is InChI=1S/C33H27FO8/c1-19(2)31(36)39-25-12-9-23(10-13-25)24-11-15-27(26(34)18-24)40-30(35)16-8-22-7-14-28(41-32(37)20(3)4)29(17-22)42-33(38)21(5)6/h7-18H,1,3,5H2,2,4,6H3/b16-8+. The molecule has 0 amide bonds. The van der Waals surface area contributed by atoms with Crippen LogP contribution in [0.1, 0.15) is 26.3 Å². The molecule has 0 aliphatic rings. The molecule has 8 nitrogen and oxygen atoms in total. The highest BCUT2D eigenvalue weighted by atomic mass is 19.1. The molecule has 0 unspecified atom stereocenters. The number of esters is 4. The molecule has 0 aromatic heterocycles. The van der Waals surface area contributed by atoms with Crippen molar-refractivity contribution in [3.8, 4) is 34.1 Å². The Morgan fingerprint density at radius 3 is 1.71 bits per heavy atom. The minimum Gasteiger partial charge on any atom is -0.423 e. The molecule has 0 fully saturated rings. The van der Waals surface area contributed by atoms with Gasteiger partial charge in [0.2, 0.25) is 0 Å². The van der Waals surface area contributed by atoms with Gasteiger partial charge in [-0.15, -0.1) is 0 Å². The van der Waals surface area contributed by atoms with Crippen LogP contribution in [-0.4, -0.2) is 23.9 Å². The molecule has 214 valence electrons. The van der Waals surface area contributed by atoms with Crippen LogP contribution >= 0.6 is 0 Å². The molecular weight excluding hydrogens is 543 g/mol. The molecule has 3 aromatic rings. The number of hydrogen-bond acceptors (Lipinski definition) is 8. The van der Waals surface area contributed by atoms with E-state index in [1.165, 1.54) is 57.2 Å². The van der Waals surface area contributed by atoms with Crippen LogP contribution in [0.25, 0.3) is 17.2 Å². The Bertz CT molecular complexity index is 1630. The van der Waals surface area contributed by atoms with Crippen LogP contribution in [0.3, 0.4) is 0 Å². The summed E-state index contributed by atoms with van der Waals surface area (Å²) < 4.78 is 35.5. The van der Waals surface area contributed by atoms with Crippen molar-refractivity contribution in [2.45, 2.75) is 20.8 Å². The van der Waals surface area contributed by atoms with Crippen LogP contribution in [0.5, 0.6) is 23.0 Å². The smallest absolute Gasteiger partial charge is 0.338 e. The lowest BCUT2D eigenvalue weighted by Crippen LogP contribution is -2.12. The van der Waals surface area contributed by atoms with E-state index in [0.29, 0.717) is 22.4 Å². The normalized spacial score (nSPS) is 10.5. The Morgan fingerprint density at radius 2 is 1.14 bits per heavy atom. The Balaban J connectivity index is 1.72. The molecule has 0 aliphatic carbocycles. The van der Waals surface area contributed by atoms with Crippen molar-refractivity contribution in [1.29, 1.82) is 0 Å².